The van der Waals surface area contributed by atoms with Crippen molar-refractivity contribution in [1.82, 2.24) is 0 Å². The summed E-state index contributed by atoms with van der Waals surface area (Å²) in [6, 6.07) is 7.62. The summed E-state index contributed by atoms with van der Waals surface area (Å²) in [5.41, 5.74) is -4.37. The van der Waals surface area contributed by atoms with Gasteiger partial charge in [0.15, 0.2) is 23.0 Å². The molecule has 0 aliphatic heterocycles. The lowest BCUT2D eigenvalue weighted by Gasteiger charge is -2.20. The summed E-state index contributed by atoms with van der Waals surface area (Å²) in [6.45, 7) is 16.3. The van der Waals surface area contributed by atoms with Gasteiger partial charge in [-0.25, -0.2) is 38.5 Å². The fraction of sp³-hybridized carbons (Fsp3) is 0.526. The second-order valence-electron chi connectivity index (χ2n) is 15.5. The summed E-state index contributed by atoms with van der Waals surface area (Å²) >= 11 is 0. The molecule has 58 heavy (non-hydrogen) atoms. The lowest BCUT2D eigenvalue weighted by molar-refractivity contribution is -0.187. The number of hydrogen-bond acceptors (Lipinski definition) is 20. The molecular weight excluding hydrogens is 776 g/mol. The van der Waals surface area contributed by atoms with E-state index in [1.54, 1.807) is 83.1 Å². The predicted octanol–water partition coefficient (Wildman–Crippen LogP) is 7.77. The van der Waals surface area contributed by atoms with Crippen molar-refractivity contribution in [3.63, 3.8) is 0 Å². The monoisotopic (exact) mass is 826 g/mol. The minimum Gasteiger partial charge on any atom is -0.453 e. The molecule has 0 heterocycles. The van der Waals surface area contributed by atoms with E-state index >= 15 is 0 Å². The molecule has 0 saturated heterocycles. The van der Waals surface area contributed by atoms with Crippen LogP contribution in [0.15, 0.2) is 36.4 Å². The largest absolute Gasteiger partial charge is 0.511 e. The van der Waals surface area contributed by atoms with Crippen LogP contribution in [0, 0.1) is 0 Å². The summed E-state index contributed by atoms with van der Waals surface area (Å²) in [5, 5.41) is 0. The maximum absolute atomic E-state index is 13.3. The molecule has 0 spiro atoms. The van der Waals surface area contributed by atoms with E-state index in [0.29, 0.717) is 0 Å². The van der Waals surface area contributed by atoms with Gasteiger partial charge in [0.1, 0.15) is 33.5 Å². The average Bonchev–Trinajstić information content (AvgIpc) is 3.04. The van der Waals surface area contributed by atoms with Gasteiger partial charge in [-0.3, -0.25) is 0 Å². The highest BCUT2D eigenvalue weighted by Gasteiger charge is 2.27. The van der Waals surface area contributed by atoms with Crippen molar-refractivity contribution in [3.05, 3.63) is 47.5 Å². The van der Waals surface area contributed by atoms with Gasteiger partial charge >= 0.3 is 36.6 Å². The van der Waals surface area contributed by atoms with Crippen molar-refractivity contribution < 1.29 is 95.4 Å². The SMILES string of the molecule is CC(C)(C)OC(=O)OCOc1cccc(C(=O)OOC(=O)c2cccc(OCOC(=O)OC(C)(C)C)c2OCOC(=O)OC(C)(C)C)c1OCOC(=O)OC(C)(C)C. The van der Waals surface area contributed by atoms with Gasteiger partial charge in [-0.05, 0) is 107 Å². The number of carbonyl (C=O) groups excluding carboxylic acids is 6. The number of carbonyl (C=O) groups is 6. The third-order valence-corrected chi connectivity index (χ3v) is 5.69. The van der Waals surface area contributed by atoms with Crippen molar-refractivity contribution in [2.75, 3.05) is 27.2 Å². The zero-order valence-electron chi connectivity index (χ0n) is 34.5. The minimum absolute atomic E-state index is 0.212. The second kappa shape index (κ2) is 20.7. The Morgan fingerprint density at radius 1 is 0.397 bits per heavy atom. The van der Waals surface area contributed by atoms with Gasteiger partial charge in [0.2, 0.25) is 27.2 Å². The number of para-hydroxylation sites is 2. The molecule has 2 rings (SSSR count). The molecule has 0 unspecified atom stereocenters. The predicted molar refractivity (Wildman–Crippen MR) is 195 cm³/mol. The Balaban J connectivity index is 2.32. The zero-order chi connectivity index (χ0) is 43.9. The van der Waals surface area contributed by atoms with Crippen molar-refractivity contribution >= 4 is 36.6 Å². The van der Waals surface area contributed by atoms with E-state index in [0.717, 1.165) is 0 Å². The van der Waals surface area contributed by atoms with Crippen LogP contribution in [0.5, 0.6) is 23.0 Å². The lowest BCUT2D eigenvalue weighted by Crippen LogP contribution is -2.26. The fourth-order valence-electron chi connectivity index (χ4n) is 3.72. The Labute approximate surface area is 334 Å². The molecule has 0 atom stereocenters. The smallest absolute Gasteiger partial charge is 0.453 e. The minimum atomic E-state index is -1.33. The van der Waals surface area contributed by atoms with Gasteiger partial charge in [-0.2, -0.15) is 0 Å². The molecule has 2 aromatic rings. The molecule has 0 saturated carbocycles. The van der Waals surface area contributed by atoms with Gasteiger partial charge in [-0.15, -0.1) is 0 Å². The van der Waals surface area contributed by atoms with Crippen LogP contribution in [0.2, 0.25) is 0 Å². The molecule has 20 heteroatoms. The van der Waals surface area contributed by atoms with E-state index in [1.165, 1.54) is 36.4 Å². The number of rotatable bonds is 14. The highest BCUT2D eigenvalue weighted by atomic mass is 17.2. The maximum Gasteiger partial charge on any atom is 0.511 e. The first-order valence-corrected chi connectivity index (χ1v) is 17.4. The van der Waals surface area contributed by atoms with Crippen molar-refractivity contribution in [2.24, 2.45) is 0 Å². The van der Waals surface area contributed by atoms with E-state index in [9.17, 15) is 28.8 Å². The molecule has 0 aliphatic rings. The van der Waals surface area contributed by atoms with Crippen LogP contribution in [-0.2, 0) is 47.7 Å². The first-order valence-electron chi connectivity index (χ1n) is 17.4. The highest BCUT2D eigenvalue weighted by molar-refractivity contribution is 5.96. The third-order valence-electron chi connectivity index (χ3n) is 5.69. The highest BCUT2D eigenvalue weighted by Crippen LogP contribution is 2.34. The van der Waals surface area contributed by atoms with Gasteiger partial charge in [0.25, 0.3) is 0 Å². The quantitative estimate of drug-likeness (QED) is 0.0582. The molecule has 0 N–H and O–H groups in total. The Morgan fingerprint density at radius 2 is 0.655 bits per heavy atom. The zero-order valence-corrected chi connectivity index (χ0v) is 34.5. The standard InChI is InChI=1S/C38H50O20/c1-35(2,3)53-31(41)49-19-45-25-17-13-15-23(27(25)47-21-51-33(43)55-37(7,8)9)29(39)57-58-30(40)24-16-14-18-26(46-20-50-32(42)54-36(4,5)6)28(24)48-22-52-34(44)56-38(10,11)12/h13-18H,19-22H2,1-12H3. The van der Waals surface area contributed by atoms with E-state index in [4.69, 9.17) is 66.6 Å². The van der Waals surface area contributed by atoms with Crippen LogP contribution in [0.4, 0.5) is 19.2 Å². The first-order chi connectivity index (χ1) is 26.7. The van der Waals surface area contributed by atoms with Gasteiger partial charge < -0.3 is 56.8 Å². The second-order valence-corrected chi connectivity index (χ2v) is 15.5. The van der Waals surface area contributed by atoms with Crippen LogP contribution in [0.1, 0.15) is 104 Å². The number of benzene rings is 2. The van der Waals surface area contributed by atoms with E-state index in [1.807, 2.05) is 0 Å². The summed E-state index contributed by atoms with van der Waals surface area (Å²) < 4.78 is 62.0. The van der Waals surface area contributed by atoms with Crippen LogP contribution in [0.25, 0.3) is 0 Å². The summed E-state index contributed by atoms with van der Waals surface area (Å²) in [7, 11) is 0. The molecule has 0 aliphatic carbocycles. The topological polar surface area (TPSA) is 232 Å². The van der Waals surface area contributed by atoms with Crippen LogP contribution in [0.3, 0.4) is 0 Å². The Kier molecular flexibility index (Phi) is 17.1. The van der Waals surface area contributed by atoms with Crippen LogP contribution in [-0.4, -0.2) is 86.1 Å². The summed E-state index contributed by atoms with van der Waals surface area (Å²) in [4.78, 5) is 84.6. The maximum atomic E-state index is 13.3. The molecular formula is C38H50O20. The fourth-order valence-corrected chi connectivity index (χ4v) is 3.72. The first kappa shape index (κ1) is 47.8. The van der Waals surface area contributed by atoms with Gasteiger partial charge in [0.05, 0.1) is 0 Å². The van der Waals surface area contributed by atoms with Gasteiger partial charge in [-0.1, -0.05) is 12.1 Å². The molecule has 20 nitrogen and oxygen atoms in total. The molecule has 0 fully saturated rings. The number of hydrogen-bond donors (Lipinski definition) is 0. The molecule has 0 radical (unpaired) electrons. The average molecular weight is 827 g/mol. The van der Waals surface area contributed by atoms with E-state index in [2.05, 4.69) is 0 Å². The van der Waals surface area contributed by atoms with E-state index in [-0.39, 0.29) is 11.5 Å². The van der Waals surface area contributed by atoms with E-state index < -0.39 is 109 Å². The van der Waals surface area contributed by atoms with Crippen molar-refractivity contribution in [2.45, 2.75) is 105 Å². The molecule has 0 aromatic heterocycles. The van der Waals surface area contributed by atoms with Crippen LogP contribution < -0.4 is 18.9 Å². The number of ether oxygens (including phenoxy) is 12. The third kappa shape index (κ3) is 19.0. The Hall–Kier alpha value is -6.34. The molecule has 0 amide bonds. The Morgan fingerprint density at radius 3 is 0.914 bits per heavy atom. The Bertz CT molecular complexity index is 1610. The lowest BCUT2D eigenvalue weighted by atomic mass is 10.2. The van der Waals surface area contributed by atoms with Crippen LogP contribution >= 0.6 is 0 Å². The molecule has 0 bridgehead atoms. The van der Waals surface area contributed by atoms with Crippen molar-refractivity contribution in [1.29, 1.82) is 0 Å². The summed E-state index contributed by atoms with van der Waals surface area (Å²) in [6.07, 6.45) is -4.32. The van der Waals surface area contributed by atoms with Crippen molar-refractivity contribution in [3.8, 4) is 23.0 Å². The summed E-state index contributed by atoms with van der Waals surface area (Å²) in [5.74, 6) is -3.87. The molecule has 2 aromatic carbocycles. The normalized spacial score (nSPS) is 11.4. The van der Waals surface area contributed by atoms with Gasteiger partial charge in [0, 0.05) is 0 Å². The molecule has 322 valence electrons.